The summed E-state index contributed by atoms with van der Waals surface area (Å²) in [5.41, 5.74) is 0.880. The Balaban J connectivity index is 1.97. The van der Waals surface area contributed by atoms with Crippen LogP contribution < -0.4 is 24.8 Å². The number of allylic oxidation sites excluding steroid dienone is 2. The Kier molecular flexibility index (Phi) is 11.7. The standard InChI is InChI=1S/C27H36F3N5O3S2/c1-6-18(4)24(38-22-10-9-19(14-23(22)37-5)35-40(36)16-27(28,29)30)25(39-17(2)3)21-11-13-32-26(34-21)33-20-8-7-12-31-15-20/h9-11,13-14,18,20,31,35H,2,6-8,12,15-16H2,1,3-5H3,(H,32,33,34)/b25-24+. The van der Waals surface area contributed by atoms with E-state index in [-0.39, 0.29) is 23.4 Å². The van der Waals surface area contributed by atoms with Crippen LogP contribution in [0.25, 0.3) is 4.91 Å². The molecule has 0 bridgehead atoms. The number of nitrogens with zero attached hydrogens (tertiary/aromatic N) is 2. The Morgan fingerprint density at radius 3 is 2.73 bits per heavy atom. The van der Waals surface area contributed by atoms with Crippen LogP contribution in [0.1, 0.15) is 45.7 Å². The van der Waals surface area contributed by atoms with Crippen molar-refractivity contribution >= 4 is 39.3 Å². The number of hydrogen-bond donors (Lipinski definition) is 3. The molecular formula is C27H36F3N5O3S2. The highest BCUT2D eigenvalue weighted by atomic mass is 32.2. The van der Waals surface area contributed by atoms with E-state index in [0.29, 0.717) is 23.2 Å². The molecule has 0 radical (unpaired) electrons. The Morgan fingerprint density at radius 2 is 2.10 bits per heavy atom. The van der Waals surface area contributed by atoms with Crippen molar-refractivity contribution in [3.8, 4) is 11.5 Å². The number of methoxy groups -OCH3 is 1. The molecule has 2 heterocycles. The molecule has 1 aliphatic heterocycles. The van der Waals surface area contributed by atoms with Crippen molar-refractivity contribution in [1.29, 1.82) is 0 Å². The SMILES string of the molecule is C=C(C)S/C(=C(/Oc1ccc(NS(=O)CC(F)(F)F)cc1OC)C(C)CC)c1ccnc(NC2CCCNC2)n1. The normalized spacial score (nSPS) is 17.8. The molecule has 0 spiro atoms. The number of rotatable bonds is 13. The van der Waals surface area contributed by atoms with Gasteiger partial charge >= 0.3 is 6.18 Å². The van der Waals surface area contributed by atoms with Gasteiger partial charge in [-0.1, -0.05) is 32.2 Å². The fourth-order valence-electron chi connectivity index (χ4n) is 3.92. The number of hydrogen-bond acceptors (Lipinski definition) is 8. The van der Waals surface area contributed by atoms with Gasteiger partial charge in [-0.15, -0.1) is 0 Å². The lowest BCUT2D eigenvalue weighted by Gasteiger charge is -2.24. The van der Waals surface area contributed by atoms with E-state index in [1.807, 2.05) is 26.8 Å². The highest BCUT2D eigenvalue weighted by molar-refractivity contribution is 8.11. The van der Waals surface area contributed by atoms with Gasteiger partial charge in [0.1, 0.15) is 22.5 Å². The molecule has 1 fully saturated rings. The fourth-order valence-corrected chi connectivity index (χ4v) is 5.59. The van der Waals surface area contributed by atoms with Crippen molar-refractivity contribution in [3.63, 3.8) is 0 Å². The molecule has 8 nitrogen and oxygen atoms in total. The van der Waals surface area contributed by atoms with Gasteiger partial charge in [-0.05, 0) is 55.8 Å². The number of halogens is 3. The highest BCUT2D eigenvalue weighted by Crippen LogP contribution is 2.41. The van der Waals surface area contributed by atoms with Gasteiger partial charge in [-0.2, -0.15) is 13.2 Å². The lowest BCUT2D eigenvalue weighted by molar-refractivity contribution is -0.105. The molecule has 0 saturated carbocycles. The molecule has 3 atom stereocenters. The second-order valence-electron chi connectivity index (χ2n) is 9.43. The molecule has 1 aromatic carbocycles. The van der Waals surface area contributed by atoms with E-state index in [2.05, 4.69) is 26.9 Å². The van der Waals surface area contributed by atoms with E-state index < -0.39 is 22.9 Å². The number of piperidine rings is 1. The quantitative estimate of drug-likeness (QED) is 0.229. The minimum atomic E-state index is -4.55. The summed E-state index contributed by atoms with van der Waals surface area (Å²) in [5.74, 6) is 0.282. The highest BCUT2D eigenvalue weighted by Gasteiger charge is 2.31. The zero-order valence-electron chi connectivity index (χ0n) is 23.1. The predicted molar refractivity (Wildman–Crippen MR) is 157 cm³/mol. The summed E-state index contributed by atoms with van der Waals surface area (Å²) in [5, 5.41) is 6.79. The third kappa shape index (κ3) is 9.70. The van der Waals surface area contributed by atoms with Crippen LogP contribution >= 0.6 is 11.8 Å². The number of aromatic nitrogens is 2. The number of benzene rings is 1. The average molecular weight is 600 g/mol. The molecule has 3 unspecified atom stereocenters. The Morgan fingerprint density at radius 1 is 1.32 bits per heavy atom. The van der Waals surface area contributed by atoms with E-state index in [4.69, 9.17) is 14.5 Å². The van der Waals surface area contributed by atoms with E-state index >= 15 is 0 Å². The maximum absolute atomic E-state index is 12.6. The molecule has 1 aromatic heterocycles. The van der Waals surface area contributed by atoms with Crippen LogP contribution in [0.2, 0.25) is 0 Å². The third-order valence-corrected chi connectivity index (χ3v) is 8.00. The lowest BCUT2D eigenvalue weighted by Crippen LogP contribution is -2.38. The van der Waals surface area contributed by atoms with Crippen LogP contribution in [0.5, 0.6) is 11.5 Å². The van der Waals surface area contributed by atoms with Crippen molar-refractivity contribution in [2.24, 2.45) is 5.92 Å². The maximum Gasteiger partial charge on any atom is 0.402 e. The number of nitrogens with one attached hydrogen (secondary N) is 3. The largest absolute Gasteiger partial charge is 0.493 e. The van der Waals surface area contributed by atoms with E-state index in [1.54, 1.807) is 12.3 Å². The summed E-state index contributed by atoms with van der Waals surface area (Å²) in [4.78, 5) is 10.8. The molecule has 1 saturated heterocycles. The van der Waals surface area contributed by atoms with Crippen LogP contribution in [0.15, 0.2) is 47.7 Å². The van der Waals surface area contributed by atoms with Crippen molar-refractivity contribution in [2.45, 2.75) is 52.3 Å². The van der Waals surface area contributed by atoms with Gasteiger partial charge in [-0.3, -0.25) is 0 Å². The van der Waals surface area contributed by atoms with Crippen LogP contribution in [-0.2, 0) is 11.0 Å². The first-order valence-corrected chi connectivity index (χ1v) is 15.1. The molecule has 0 amide bonds. The molecule has 3 rings (SSSR count). The summed E-state index contributed by atoms with van der Waals surface area (Å²) < 4.78 is 64.0. The van der Waals surface area contributed by atoms with Crippen molar-refractivity contribution in [3.05, 3.63) is 53.4 Å². The lowest BCUT2D eigenvalue weighted by atomic mass is 10.1. The van der Waals surface area contributed by atoms with Gasteiger partial charge in [-0.25, -0.2) is 14.2 Å². The Labute approximate surface area is 240 Å². The van der Waals surface area contributed by atoms with Gasteiger partial charge < -0.3 is 24.8 Å². The Bertz CT molecular complexity index is 1220. The van der Waals surface area contributed by atoms with Gasteiger partial charge in [0.15, 0.2) is 11.5 Å². The van der Waals surface area contributed by atoms with E-state index in [9.17, 15) is 17.4 Å². The molecule has 3 N–H and O–H groups in total. The Hall–Kier alpha value is -2.77. The first kappa shape index (κ1) is 31.8. The summed E-state index contributed by atoms with van der Waals surface area (Å²) in [7, 11) is -0.911. The first-order valence-electron chi connectivity index (χ1n) is 12.9. The monoisotopic (exact) mass is 599 g/mol. The van der Waals surface area contributed by atoms with E-state index in [1.165, 1.54) is 31.0 Å². The van der Waals surface area contributed by atoms with Crippen molar-refractivity contribution < 1.29 is 26.9 Å². The zero-order chi connectivity index (χ0) is 29.3. The predicted octanol–water partition coefficient (Wildman–Crippen LogP) is 6.35. The maximum atomic E-state index is 12.6. The topological polar surface area (TPSA) is 97.4 Å². The van der Waals surface area contributed by atoms with Crippen LogP contribution in [-0.4, -0.2) is 52.3 Å². The summed E-state index contributed by atoms with van der Waals surface area (Å²) in [6.45, 7) is 11.9. The van der Waals surface area contributed by atoms with E-state index in [0.717, 1.165) is 42.2 Å². The fraction of sp³-hybridized carbons (Fsp3) is 0.481. The smallest absolute Gasteiger partial charge is 0.402 e. The number of anilines is 2. The minimum absolute atomic E-state index is 0.0300. The summed E-state index contributed by atoms with van der Waals surface area (Å²) in [6.07, 6.45) is 0.0179. The molecule has 2 aromatic rings. The molecule has 40 heavy (non-hydrogen) atoms. The second-order valence-corrected chi connectivity index (χ2v) is 11.9. The van der Waals surface area contributed by atoms with Gasteiger partial charge in [0.05, 0.1) is 23.4 Å². The molecular weight excluding hydrogens is 563 g/mol. The van der Waals surface area contributed by atoms with Crippen LogP contribution in [0.3, 0.4) is 0 Å². The van der Waals surface area contributed by atoms with Crippen LogP contribution in [0.4, 0.5) is 24.8 Å². The summed E-state index contributed by atoms with van der Waals surface area (Å²) >= 11 is 1.44. The van der Waals surface area contributed by atoms with Crippen LogP contribution in [0, 0.1) is 5.92 Å². The van der Waals surface area contributed by atoms with Crippen molar-refractivity contribution in [1.82, 2.24) is 15.3 Å². The molecule has 13 heteroatoms. The first-order chi connectivity index (χ1) is 19.0. The van der Waals surface area contributed by atoms with Gasteiger partial charge in [0.25, 0.3) is 0 Å². The summed E-state index contributed by atoms with van der Waals surface area (Å²) in [6, 6.07) is 6.57. The van der Waals surface area contributed by atoms with Crippen molar-refractivity contribution in [2.75, 3.05) is 36.0 Å². The zero-order valence-corrected chi connectivity index (χ0v) is 24.7. The molecule has 1 aliphatic rings. The number of alkyl halides is 3. The molecule has 0 aliphatic carbocycles. The third-order valence-electron chi connectivity index (χ3n) is 5.99. The molecule has 220 valence electrons. The second kappa shape index (κ2) is 14.7. The average Bonchev–Trinajstić information content (AvgIpc) is 2.90. The number of thioether (sulfide) groups is 1. The minimum Gasteiger partial charge on any atom is -0.493 e. The van der Waals surface area contributed by atoms with Gasteiger partial charge in [0.2, 0.25) is 5.95 Å². The van der Waals surface area contributed by atoms with Gasteiger partial charge in [0, 0.05) is 30.8 Å². The number of ether oxygens (including phenoxy) is 2.